The molecule has 0 saturated carbocycles. The van der Waals surface area contributed by atoms with E-state index in [1.165, 1.54) is 7.11 Å². The minimum absolute atomic E-state index is 0.387. The van der Waals surface area contributed by atoms with Gasteiger partial charge in [0, 0.05) is 20.3 Å². The molecule has 0 aromatic heterocycles. The molecule has 0 saturated heterocycles. The van der Waals surface area contributed by atoms with Crippen molar-refractivity contribution in [2.45, 2.75) is 6.42 Å². The van der Waals surface area contributed by atoms with Gasteiger partial charge in [-0.25, -0.2) is 4.79 Å². The van der Waals surface area contributed by atoms with Gasteiger partial charge in [0.25, 0.3) is 0 Å². The lowest BCUT2D eigenvalue weighted by Gasteiger charge is -2.12. The molecule has 70 valence electrons. The summed E-state index contributed by atoms with van der Waals surface area (Å²) in [6, 6.07) is 0. The van der Waals surface area contributed by atoms with Crippen molar-refractivity contribution in [1.29, 1.82) is 0 Å². The molecule has 13 heavy (non-hydrogen) atoms. The minimum atomic E-state index is -0.387. The standard InChI is InChI=1S/C8H6Br2O2S/c1-12-8(11)4-2-5(9)6(10)3-7(4)13/h2H,3H2,1H3. The van der Waals surface area contributed by atoms with E-state index in [-0.39, 0.29) is 5.97 Å². The van der Waals surface area contributed by atoms with Gasteiger partial charge in [0.2, 0.25) is 0 Å². The van der Waals surface area contributed by atoms with Crippen molar-refractivity contribution >= 4 is 54.9 Å². The van der Waals surface area contributed by atoms with Crippen LogP contribution in [0, 0.1) is 0 Å². The SMILES string of the molecule is COC(=O)C1=CC(Br)=C(Br)CC1=S. The van der Waals surface area contributed by atoms with Crippen LogP contribution in [0.4, 0.5) is 0 Å². The van der Waals surface area contributed by atoms with E-state index < -0.39 is 0 Å². The van der Waals surface area contributed by atoms with Crippen LogP contribution in [0.25, 0.3) is 0 Å². The molecule has 0 atom stereocenters. The number of halogens is 2. The Bertz CT molecular complexity index is 321. The zero-order valence-corrected chi connectivity index (χ0v) is 10.8. The zero-order chi connectivity index (χ0) is 10.0. The normalized spacial score (nSPS) is 17.2. The Morgan fingerprint density at radius 2 is 2.23 bits per heavy atom. The molecule has 0 aromatic rings. The first-order chi connectivity index (χ1) is 6.06. The molecule has 0 radical (unpaired) electrons. The van der Waals surface area contributed by atoms with Gasteiger partial charge in [-0.05, 0) is 22.0 Å². The fraction of sp³-hybridized carbons (Fsp3) is 0.250. The second-order valence-electron chi connectivity index (χ2n) is 2.40. The number of esters is 1. The van der Waals surface area contributed by atoms with E-state index >= 15 is 0 Å². The van der Waals surface area contributed by atoms with Gasteiger partial charge in [-0.3, -0.25) is 0 Å². The number of methoxy groups -OCH3 is 1. The molecule has 0 N–H and O–H groups in total. The summed E-state index contributed by atoms with van der Waals surface area (Å²) in [5.74, 6) is -0.387. The maximum Gasteiger partial charge on any atom is 0.339 e. The summed E-state index contributed by atoms with van der Waals surface area (Å²) in [6.07, 6.45) is 2.23. The molecule has 1 aliphatic rings. The Morgan fingerprint density at radius 1 is 1.62 bits per heavy atom. The quantitative estimate of drug-likeness (QED) is 0.548. The lowest BCUT2D eigenvalue weighted by molar-refractivity contribution is -0.135. The summed E-state index contributed by atoms with van der Waals surface area (Å²) in [6.45, 7) is 0. The topological polar surface area (TPSA) is 26.3 Å². The first-order valence-electron chi connectivity index (χ1n) is 3.43. The van der Waals surface area contributed by atoms with E-state index in [0.717, 1.165) is 8.96 Å². The highest BCUT2D eigenvalue weighted by atomic mass is 79.9. The smallest absolute Gasteiger partial charge is 0.339 e. The number of rotatable bonds is 1. The Morgan fingerprint density at radius 3 is 2.77 bits per heavy atom. The van der Waals surface area contributed by atoms with Crippen LogP contribution in [0.15, 0.2) is 20.6 Å². The Hall–Kier alpha value is -0.0000000000000000833. The van der Waals surface area contributed by atoms with Crippen LogP contribution in [-0.2, 0) is 9.53 Å². The number of carbonyl (C=O) groups excluding carboxylic acids is 1. The summed E-state index contributed by atoms with van der Waals surface area (Å²) in [5.41, 5.74) is 0.451. The highest BCUT2D eigenvalue weighted by Gasteiger charge is 2.21. The van der Waals surface area contributed by atoms with Crippen molar-refractivity contribution in [3.05, 3.63) is 20.6 Å². The highest BCUT2D eigenvalue weighted by Crippen LogP contribution is 2.30. The fourth-order valence-electron chi connectivity index (χ4n) is 0.889. The van der Waals surface area contributed by atoms with Crippen LogP contribution >= 0.6 is 44.1 Å². The molecule has 0 heterocycles. The van der Waals surface area contributed by atoms with E-state index in [0.29, 0.717) is 16.9 Å². The van der Waals surface area contributed by atoms with E-state index in [1.807, 2.05) is 0 Å². The number of thiocarbonyl (C=S) groups is 1. The molecule has 0 spiro atoms. The Kier molecular flexibility index (Phi) is 3.82. The molecular formula is C8H6Br2O2S. The molecule has 2 nitrogen and oxygen atoms in total. The maximum atomic E-state index is 11.2. The van der Waals surface area contributed by atoms with Gasteiger partial charge in [0.1, 0.15) is 0 Å². The van der Waals surface area contributed by atoms with Gasteiger partial charge in [-0.1, -0.05) is 28.1 Å². The van der Waals surface area contributed by atoms with Crippen molar-refractivity contribution in [3.8, 4) is 0 Å². The number of carbonyl (C=O) groups is 1. The molecular weight excluding hydrogens is 320 g/mol. The second-order valence-corrected chi connectivity index (χ2v) is 4.71. The van der Waals surface area contributed by atoms with Gasteiger partial charge in [-0.2, -0.15) is 0 Å². The number of ether oxygens (including phenoxy) is 1. The predicted octanol–water partition coefficient (Wildman–Crippen LogP) is 2.86. The van der Waals surface area contributed by atoms with Gasteiger partial charge >= 0.3 is 5.97 Å². The third kappa shape index (κ3) is 2.48. The van der Waals surface area contributed by atoms with Crippen LogP contribution in [0.3, 0.4) is 0 Å². The predicted molar refractivity (Wildman–Crippen MR) is 62.2 cm³/mol. The van der Waals surface area contributed by atoms with Gasteiger partial charge in [-0.15, -0.1) is 0 Å². The number of allylic oxidation sites excluding steroid dienone is 3. The van der Waals surface area contributed by atoms with Crippen LogP contribution in [0.1, 0.15) is 6.42 Å². The van der Waals surface area contributed by atoms with Crippen molar-refractivity contribution < 1.29 is 9.53 Å². The van der Waals surface area contributed by atoms with E-state index in [9.17, 15) is 4.79 Å². The minimum Gasteiger partial charge on any atom is -0.465 e. The van der Waals surface area contributed by atoms with E-state index in [1.54, 1.807) is 6.08 Å². The van der Waals surface area contributed by atoms with Crippen LogP contribution in [0.5, 0.6) is 0 Å². The summed E-state index contributed by atoms with van der Waals surface area (Å²) >= 11 is 11.7. The Balaban J connectivity index is 3.03. The monoisotopic (exact) mass is 324 g/mol. The van der Waals surface area contributed by atoms with E-state index in [2.05, 4.69) is 36.6 Å². The van der Waals surface area contributed by atoms with Crippen molar-refractivity contribution in [2.75, 3.05) is 7.11 Å². The van der Waals surface area contributed by atoms with Crippen molar-refractivity contribution in [3.63, 3.8) is 0 Å². The van der Waals surface area contributed by atoms with Gasteiger partial charge in [0.15, 0.2) is 0 Å². The largest absolute Gasteiger partial charge is 0.465 e. The van der Waals surface area contributed by atoms with Gasteiger partial charge < -0.3 is 4.74 Å². The molecule has 0 amide bonds. The molecule has 5 heteroatoms. The fourth-order valence-corrected chi connectivity index (χ4v) is 2.12. The van der Waals surface area contributed by atoms with Crippen molar-refractivity contribution in [1.82, 2.24) is 0 Å². The lowest BCUT2D eigenvalue weighted by atomic mass is 10.1. The first kappa shape index (κ1) is 11.1. The van der Waals surface area contributed by atoms with Crippen LogP contribution in [0.2, 0.25) is 0 Å². The summed E-state index contributed by atoms with van der Waals surface area (Å²) in [4.78, 5) is 11.8. The first-order valence-corrected chi connectivity index (χ1v) is 5.43. The van der Waals surface area contributed by atoms with Crippen LogP contribution < -0.4 is 0 Å². The third-order valence-electron chi connectivity index (χ3n) is 1.55. The molecule has 0 bridgehead atoms. The molecule has 0 fully saturated rings. The Labute approximate surface area is 98.3 Å². The number of hydrogen-bond acceptors (Lipinski definition) is 3. The summed E-state index contributed by atoms with van der Waals surface area (Å²) in [7, 11) is 1.34. The molecule has 1 rings (SSSR count). The molecule has 1 aliphatic carbocycles. The zero-order valence-electron chi connectivity index (χ0n) is 6.77. The highest BCUT2D eigenvalue weighted by molar-refractivity contribution is 9.14. The lowest BCUT2D eigenvalue weighted by Crippen LogP contribution is -2.15. The summed E-state index contributed by atoms with van der Waals surface area (Å²) < 4.78 is 6.37. The van der Waals surface area contributed by atoms with E-state index in [4.69, 9.17) is 12.2 Å². The average Bonchev–Trinajstić information content (AvgIpc) is 2.10. The second kappa shape index (κ2) is 4.48. The average molecular weight is 326 g/mol. The van der Waals surface area contributed by atoms with Crippen molar-refractivity contribution in [2.24, 2.45) is 0 Å². The molecule has 0 aliphatic heterocycles. The van der Waals surface area contributed by atoms with Crippen LogP contribution in [-0.4, -0.2) is 17.9 Å². The summed E-state index contributed by atoms with van der Waals surface area (Å²) in [5, 5.41) is 0. The molecule has 0 aromatic carbocycles. The maximum absolute atomic E-state index is 11.2. The number of hydrogen-bond donors (Lipinski definition) is 0. The van der Waals surface area contributed by atoms with Gasteiger partial charge in [0.05, 0.1) is 12.7 Å². The molecule has 0 unspecified atom stereocenters. The third-order valence-corrected chi connectivity index (χ3v) is 3.86.